The molecule has 166 valence electrons. The van der Waals surface area contributed by atoms with E-state index in [-0.39, 0.29) is 23.9 Å². The Kier molecular flexibility index (Phi) is 7.17. The van der Waals surface area contributed by atoms with Crippen LogP contribution in [0.4, 0.5) is 19.0 Å². The molecule has 2 aromatic rings. The number of carbonyl (C=O) groups excluding carboxylic acids is 1. The number of pyridine rings is 1. The van der Waals surface area contributed by atoms with Crippen molar-refractivity contribution in [1.29, 1.82) is 0 Å². The van der Waals surface area contributed by atoms with E-state index in [0.717, 1.165) is 35.9 Å². The minimum Gasteiger partial charge on any atom is -0.388 e. The molecule has 1 aliphatic carbocycles. The van der Waals surface area contributed by atoms with E-state index < -0.39 is 12.2 Å². The van der Waals surface area contributed by atoms with Crippen LogP contribution in [0.5, 0.6) is 0 Å². The van der Waals surface area contributed by atoms with Crippen molar-refractivity contribution in [3.63, 3.8) is 0 Å². The number of carbonyl (C=O) groups is 1. The first-order valence-corrected chi connectivity index (χ1v) is 10.0. The quantitative estimate of drug-likeness (QED) is 0.460. The molecule has 3 rings (SSSR count). The first kappa shape index (κ1) is 22.6. The number of rotatable bonds is 7. The van der Waals surface area contributed by atoms with Crippen molar-refractivity contribution in [3.05, 3.63) is 70.4 Å². The van der Waals surface area contributed by atoms with Crippen LogP contribution in [0, 0.1) is 5.82 Å². The van der Waals surface area contributed by atoms with Crippen LogP contribution in [0.15, 0.2) is 47.9 Å². The lowest BCUT2D eigenvalue weighted by atomic mass is 9.95. The van der Waals surface area contributed by atoms with E-state index in [0.29, 0.717) is 17.8 Å². The van der Waals surface area contributed by atoms with Gasteiger partial charge in [-0.2, -0.15) is 0 Å². The molecule has 0 saturated carbocycles. The number of hydrogen-bond acceptors (Lipinski definition) is 5. The van der Waals surface area contributed by atoms with Gasteiger partial charge in [0.15, 0.2) is 0 Å². The summed E-state index contributed by atoms with van der Waals surface area (Å²) >= 11 is 0. The summed E-state index contributed by atoms with van der Waals surface area (Å²) in [5.41, 5.74) is 2.48. The summed E-state index contributed by atoms with van der Waals surface area (Å²) < 4.78 is 39.7. The van der Waals surface area contributed by atoms with E-state index in [1.807, 2.05) is 0 Å². The Balaban J connectivity index is 1.87. The first-order valence-electron chi connectivity index (χ1n) is 10.0. The molecular weight excluding hydrogens is 407 g/mol. The monoisotopic (exact) mass is 433 g/mol. The lowest BCUT2D eigenvalue weighted by molar-refractivity contribution is -0.119. The van der Waals surface area contributed by atoms with Crippen LogP contribution in [0.25, 0.3) is 0 Å². The highest BCUT2D eigenvalue weighted by Crippen LogP contribution is 2.28. The number of anilines is 1. The van der Waals surface area contributed by atoms with Crippen molar-refractivity contribution in [2.45, 2.75) is 45.1 Å². The zero-order chi connectivity index (χ0) is 22.5. The van der Waals surface area contributed by atoms with Crippen LogP contribution in [0.1, 0.15) is 49.3 Å². The number of nitrogens with two attached hydrogens (primary N) is 1. The Bertz CT molecular complexity index is 979. The maximum atomic E-state index is 13.7. The Hall–Kier alpha value is -3.07. The minimum atomic E-state index is -2.74. The third-order valence-electron chi connectivity index (χ3n) is 5.20. The second-order valence-electron chi connectivity index (χ2n) is 7.52. The van der Waals surface area contributed by atoms with Crippen LogP contribution >= 0.6 is 0 Å². The van der Waals surface area contributed by atoms with Gasteiger partial charge in [0.05, 0.1) is 17.4 Å². The number of nitrogens with one attached hydrogen (secondary N) is 2. The predicted octanol–water partition coefficient (Wildman–Crippen LogP) is 3.55. The molecule has 9 heteroatoms. The molecule has 1 aliphatic rings. The second-order valence-corrected chi connectivity index (χ2v) is 7.52. The van der Waals surface area contributed by atoms with Crippen LogP contribution in [-0.2, 0) is 11.2 Å². The molecule has 1 aromatic heterocycles. The number of benzene rings is 1. The highest BCUT2D eigenvalue weighted by atomic mass is 19.3. The summed E-state index contributed by atoms with van der Waals surface area (Å²) in [7, 11) is 1.78. The molecule has 0 spiro atoms. The molecule has 4 N–H and O–H groups in total. The van der Waals surface area contributed by atoms with Gasteiger partial charge in [0.2, 0.25) is 5.91 Å². The second kappa shape index (κ2) is 9.82. The van der Waals surface area contributed by atoms with Crippen LogP contribution < -0.4 is 21.5 Å². The minimum absolute atomic E-state index is 0.124. The molecule has 0 fully saturated rings. The number of hydrogen-bond donors (Lipinski definition) is 3. The van der Waals surface area contributed by atoms with Gasteiger partial charge in [0, 0.05) is 25.7 Å². The standard InChI is InChI=1S/C22H26F3N5O/c1-13(31)29-18-4-3-5-19(21(18)27-2)30(26)20-11-14(6-7-28-20)8-15-9-16(22(24)25)12-17(23)10-15/h6-7,9-12,18,22,27H,3-5,8,26H2,1-2H3,(H,29,31)/t18-/m1/s1. The molecule has 0 bridgehead atoms. The van der Waals surface area contributed by atoms with E-state index in [1.54, 1.807) is 25.4 Å². The van der Waals surface area contributed by atoms with E-state index in [2.05, 4.69) is 15.6 Å². The molecule has 1 amide bonds. The fourth-order valence-corrected chi connectivity index (χ4v) is 3.89. The number of alkyl halides is 2. The van der Waals surface area contributed by atoms with E-state index in [9.17, 15) is 18.0 Å². The SMILES string of the molecule is CNC1=C(N(N)c2cc(Cc3cc(F)cc(C(F)F)c3)ccn2)CCC[C@H]1NC(C)=O. The van der Waals surface area contributed by atoms with Crippen molar-refractivity contribution in [2.75, 3.05) is 12.1 Å². The van der Waals surface area contributed by atoms with Gasteiger partial charge in [-0.3, -0.25) is 9.80 Å². The number of aromatic nitrogens is 1. The van der Waals surface area contributed by atoms with Gasteiger partial charge in [-0.05, 0) is 67.1 Å². The number of halogens is 3. The van der Waals surface area contributed by atoms with Gasteiger partial charge in [0.1, 0.15) is 11.6 Å². The zero-order valence-electron chi connectivity index (χ0n) is 17.5. The van der Waals surface area contributed by atoms with Crippen molar-refractivity contribution in [1.82, 2.24) is 15.6 Å². The number of allylic oxidation sites excluding steroid dienone is 1. The van der Waals surface area contributed by atoms with E-state index in [1.165, 1.54) is 24.1 Å². The molecule has 0 saturated heterocycles. The van der Waals surface area contributed by atoms with Gasteiger partial charge >= 0.3 is 0 Å². The zero-order valence-corrected chi connectivity index (χ0v) is 17.5. The van der Waals surface area contributed by atoms with Gasteiger partial charge in [-0.15, -0.1) is 0 Å². The molecule has 0 radical (unpaired) electrons. The van der Waals surface area contributed by atoms with Crippen LogP contribution in [0.2, 0.25) is 0 Å². The topological polar surface area (TPSA) is 83.3 Å². The van der Waals surface area contributed by atoms with Crippen molar-refractivity contribution >= 4 is 11.7 Å². The average Bonchev–Trinajstić information content (AvgIpc) is 2.72. The van der Waals surface area contributed by atoms with Crippen LogP contribution in [0.3, 0.4) is 0 Å². The summed E-state index contributed by atoms with van der Waals surface area (Å²) in [6.45, 7) is 1.47. The number of nitrogens with zero attached hydrogens (tertiary/aromatic N) is 2. The Morgan fingerprint density at radius 2 is 2.06 bits per heavy atom. The van der Waals surface area contributed by atoms with Gasteiger partial charge in [0.25, 0.3) is 6.43 Å². The fraction of sp³-hybridized carbons (Fsp3) is 0.364. The summed E-state index contributed by atoms with van der Waals surface area (Å²) in [4.78, 5) is 15.9. The van der Waals surface area contributed by atoms with Crippen molar-refractivity contribution in [2.24, 2.45) is 5.84 Å². The molecule has 1 atom stereocenters. The van der Waals surface area contributed by atoms with Gasteiger partial charge in [-0.25, -0.2) is 24.0 Å². The Morgan fingerprint density at radius 3 is 2.74 bits per heavy atom. The van der Waals surface area contributed by atoms with Crippen LogP contribution in [-0.4, -0.2) is 24.0 Å². The number of amides is 1. The molecule has 6 nitrogen and oxygen atoms in total. The largest absolute Gasteiger partial charge is 0.388 e. The lowest BCUT2D eigenvalue weighted by Crippen LogP contribution is -2.45. The summed E-state index contributed by atoms with van der Waals surface area (Å²) in [6.07, 6.45) is 1.44. The molecule has 1 heterocycles. The first-order chi connectivity index (χ1) is 14.8. The van der Waals surface area contributed by atoms with Gasteiger partial charge < -0.3 is 10.6 Å². The fourth-order valence-electron chi connectivity index (χ4n) is 3.89. The van der Waals surface area contributed by atoms with Crippen molar-refractivity contribution in [3.8, 4) is 0 Å². The third kappa shape index (κ3) is 5.55. The predicted molar refractivity (Wildman–Crippen MR) is 113 cm³/mol. The molecular formula is C22H26F3N5O. The molecule has 31 heavy (non-hydrogen) atoms. The maximum absolute atomic E-state index is 13.7. The van der Waals surface area contributed by atoms with Crippen molar-refractivity contribution < 1.29 is 18.0 Å². The smallest absolute Gasteiger partial charge is 0.263 e. The highest BCUT2D eigenvalue weighted by molar-refractivity contribution is 5.73. The number of likely N-dealkylation sites (N-methyl/N-ethyl adjacent to an activating group) is 1. The summed E-state index contributed by atoms with van der Waals surface area (Å²) in [5.74, 6) is 6.03. The molecule has 1 aromatic carbocycles. The van der Waals surface area contributed by atoms with E-state index in [4.69, 9.17) is 5.84 Å². The van der Waals surface area contributed by atoms with E-state index >= 15 is 0 Å². The Morgan fingerprint density at radius 1 is 1.29 bits per heavy atom. The summed E-state index contributed by atoms with van der Waals surface area (Å²) in [6, 6.07) is 6.70. The van der Waals surface area contributed by atoms with Gasteiger partial charge in [-0.1, -0.05) is 0 Å². The Labute approximate surface area is 179 Å². The molecule has 0 aliphatic heterocycles. The third-order valence-corrected chi connectivity index (χ3v) is 5.20. The lowest BCUT2D eigenvalue weighted by Gasteiger charge is -2.33. The maximum Gasteiger partial charge on any atom is 0.263 e. The number of hydrazine groups is 1. The normalized spacial score (nSPS) is 16.4. The average molecular weight is 433 g/mol. The molecule has 0 unspecified atom stereocenters. The highest BCUT2D eigenvalue weighted by Gasteiger charge is 2.26. The summed E-state index contributed by atoms with van der Waals surface area (Å²) in [5, 5.41) is 7.54.